The number of hydrogen-bond acceptors (Lipinski definition) is 4. The lowest BCUT2D eigenvalue weighted by Gasteiger charge is -2.09. The smallest absolute Gasteiger partial charge is 0.130 e. The van der Waals surface area contributed by atoms with Crippen molar-refractivity contribution in [2.45, 2.75) is 6.92 Å². The van der Waals surface area contributed by atoms with Crippen LogP contribution in [0.2, 0.25) is 0 Å². The maximum Gasteiger partial charge on any atom is 0.130 e. The maximum absolute atomic E-state index is 8.83. The van der Waals surface area contributed by atoms with Crippen LogP contribution in [-0.4, -0.2) is 4.98 Å². The van der Waals surface area contributed by atoms with E-state index in [9.17, 15) is 0 Å². The van der Waals surface area contributed by atoms with Gasteiger partial charge in [-0.2, -0.15) is 10.5 Å². The van der Waals surface area contributed by atoms with Crippen molar-refractivity contribution in [1.29, 1.82) is 10.5 Å². The van der Waals surface area contributed by atoms with Crippen molar-refractivity contribution in [1.82, 2.24) is 4.98 Å². The minimum absolute atomic E-state index is 0.0709. The van der Waals surface area contributed by atoms with Gasteiger partial charge in [-0.05, 0) is 36.3 Å². The van der Waals surface area contributed by atoms with Crippen molar-refractivity contribution < 1.29 is 0 Å². The second kappa shape index (κ2) is 6.17. The molecule has 0 saturated heterocycles. The molecule has 1 aromatic heterocycles. The predicted octanol–water partition coefficient (Wildman–Crippen LogP) is 3.56. The molecule has 0 spiro atoms. The minimum Gasteiger partial charge on any atom is -0.354 e. The summed E-state index contributed by atoms with van der Waals surface area (Å²) in [5, 5.41) is 20.9. The molecule has 1 heterocycles. The molecule has 4 heteroatoms. The number of hydrogen-bond donors (Lipinski definition) is 1. The number of nitrogens with one attached hydrogen (secondary N) is 1. The van der Waals surface area contributed by atoms with Gasteiger partial charge >= 0.3 is 0 Å². The number of nitriles is 2. The Morgan fingerprint density at radius 1 is 1.20 bits per heavy atom. The fourth-order valence-electron chi connectivity index (χ4n) is 1.76. The summed E-state index contributed by atoms with van der Waals surface area (Å²) in [6.07, 6.45) is 5.06. The number of rotatable bonds is 3. The third-order valence-electron chi connectivity index (χ3n) is 2.66. The Morgan fingerprint density at radius 2 is 1.95 bits per heavy atom. The predicted molar refractivity (Wildman–Crippen MR) is 77.9 cm³/mol. The van der Waals surface area contributed by atoms with E-state index in [0.717, 1.165) is 22.5 Å². The molecule has 0 radical (unpaired) electrons. The summed E-state index contributed by atoms with van der Waals surface area (Å²) in [7, 11) is 0. The average Bonchev–Trinajstić information content (AvgIpc) is 2.46. The normalized spacial score (nSPS) is 9.15. The zero-order chi connectivity index (χ0) is 14.4. The first kappa shape index (κ1) is 13.3. The van der Waals surface area contributed by atoms with Gasteiger partial charge < -0.3 is 5.32 Å². The summed E-state index contributed by atoms with van der Waals surface area (Å²) in [5.74, 6) is 0. The molecule has 0 bridgehead atoms. The van der Waals surface area contributed by atoms with Crippen molar-refractivity contribution in [3.63, 3.8) is 0 Å². The molecular weight excluding hydrogens is 248 g/mol. The van der Waals surface area contributed by atoms with E-state index in [2.05, 4.69) is 10.3 Å². The standard InChI is InChI=1S/C16H12N4/c1-12-6-15(11-19-10-12)20-16-5-3-2-4-14(16)7-13(8-17)9-18/h2-7,10-11,20H,1H3. The molecule has 2 rings (SSSR count). The number of para-hydroxylation sites is 1. The topological polar surface area (TPSA) is 72.5 Å². The van der Waals surface area contributed by atoms with Crippen molar-refractivity contribution in [3.8, 4) is 12.1 Å². The van der Waals surface area contributed by atoms with Gasteiger partial charge in [0.2, 0.25) is 0 Å². The summed E-state index contributed by atoms with van der Waals surface area (Å²) >= 11 is 0. The van der Waals surface area contributed by atoms with Crippen molar-refractivity contribution in [2.75, 3.05) is 5.32 Å². The van der Waals surface area contributed by atoms with Gasteiger partial charge in [0.1, 0.15) is 17.7 Å². The Labute approximate surface area is 117 Å². The number of aryl methyl sites for hydroxylation is 1. The SMILES string of the molecule is Cc1cncc(Nc2ccccc2C=C(C#N)C#N)c1. The molecule has 20 heavy (non-hydrogen) atoms. The van der Waals surface area contributed by atoms with Crippen molar-refractivity contribution in [3.05, 3.63) is 59.4 Å². The van der Waals surface area contributed by atoms with E-state index in [-0.39, 0.29) is 5.57 Å². The van der Waals surface area contributed by atoms with Crippen molar-refractivity contribution in [2.24, 2.45) is 0 Å². The molecule has 0 unspecified atom stereocenters. The van der Waals surface area contributed by atoms with Gasteiger partial charge in [-0.3, -0.25) is 4.98 Å². The second-order valence-corrected chi connectivity index (χ2v) is 4.24. The van der Waals surface area contributed by atoms with Crippen LogP contribution in [0.1, 0.15) is 11.1 Å². The highest BCUT2D eigenvalue weighted by molar-refractivity contribution is 5.75. The highest BCUT2D eigenvalue weighted by atomic mass is 14.9. The van der Waals surface area contributed by atoms with Crippen molar-refractivity contribution >= 4 is 17.5 Å². The van der Waals surface area contributed by atoms with E-state index in [1.54, 1.807) is 18.5 Å². The molecule has 1 N–H and O–H groups in total. The van der Waals surface area contributed by atoms with Gasteiger partial charge in [0.25, 0.3) is 0 Å². The highest BCUT2D eigenvalue weighted by Gasteiger charge is 2.02. The number of allylic oxidation sites excluding steroid dienone is 1. The van der Waals surface area contributed by atoms with Crippen LogP contribution in [0.4, 0.5) is 11.4 Å². The van der Waals surface area contributed by atoms with Crippen LogP contribution in [-0.2, 0) is 0 Å². The largest absolute Gasteiger partial charge is 0.354 e. The van der Waals surface area contributed by atoms with E-state index >= 15 is 0 Å². The Balaban J connectivity index is 2.37. The van der Waals surface area contributed by atoms with E-state index in [1.807, 2.05) is 49.4 Å². The molecule has 96 valence electrons. The maximum atomic E-state index is 8.83. The first-order valence-electron chi connectivity index (χ1n) is 6.02. The molecule has 0 fully saturated rings. The molecule has 4 nitrogen and oxygen atoms in total. The van der Waals surface area contributed by atoms with E-state index in [4.69, 9.17) is 10.5 Å². The van der Waals surface area contributed by atoms with Crippen LogP contribution in [0, 0.1) is 29.6 Å². The molecular formula is C16H12N4. The Hall–Kier alpha value is -3.11. The molecule has 0 amide bonds. The molecule has 0 atom stereocenters. The van der Waals surface area contributed by atoms with Crippen LogP contribution >= 0.6 is 0 Å². The van der Waals surface area contributed by atoms with Gasteiger partial charge in [0.15, 0.2) is 0 Å². The fourth-order valence-corrected chi connectivity index (χ4v) is 1.76. The van der Waals surface area contributed by atoms with Gasteiger partial charge in [0, 0.05) is 11.9 Å². The monoisotopic (exact) mass is 260 g/mol. The lowest BCUT2D eigenvalue weighted by atomic mass is 10.1. The summed E-state index contributed by atoms with van der Waals surface area (Å²) in [6.45, 7) is 1.97. The zero-order valence-corrected chi connectivity index (χ0v) is 11.0. The van der Waals surface area contributed by atoms with Crippen LogP contribution in [0.3, 0.4) is 0 Å². The molecule has 0 aliphatic rings. The number of aromatic nitrogens is 1. The quantitative estimate of drug-likeness (QED) is 0.856. The van der Waals surface area contributed by atoms with Gasteiger partial charge in [-0.15, -0.1) is 0 Å². The summed E-state index contributed by atoms with van der Waals surface area (Å²) in [4.78, 5) is 4.12. The van der Waals surface area contributed by atoms with Crippen LogP contribution in [0.25, 0.3) is 6.08 Å². The summed E-state index contributed by atoms with van der Waals surface area (Å²) in [5.41, 5.74) is 3.59. The third-order valence-corrected chi connectivity index (χ3v) is 2.66. The highest BCUT2D eigenvalue weighted by Crippen LogP contribution is 2.22. The summed E-state index contributed by atoms with van der Waals surface area (Å²) in [6, 6.07) is 13.2. The minimum atomic E-state index is 0.0709. The first-order valence-corrected chi connectivity index (χ1v) is 6.02. The second-order valence-electron chi connectivity index (χ2n) is 4.24. The number of pyridine rings is 1. The average molecular weight is 260 g/mol. The zero-order valence-electron chi connectivity index (χ0n) is 11.0. The van der Waals surface area contributed by atoms with Crippen LogP contribution in [0.5, 0.6) is 0 Å². The van der Waals surface area contributed by atoms with Gasteiger partial charge in [-0.25, -0.2) is 0 Å². The van der Waals surface area contributed by atoms with E-state index in [1.165, 1.54) is 0 Å². The molecule has 0 aliphatic heterocycles. The van der Waals surface area contributed by atoms with E-state index < -0.39 is 0 Å². The van der Waals surface area contributed by atoms with E-state index in [0.29, 0.717) is 0 Å². The molecule has 0 saturated carbocycles. The number of benzene rings is 1. The Kier molecular flexibility index (Phi) is 4.11. The van der Waals surface area contributed by atoms with Crippen LogP contribution in [0.15, 0.2) is 48.3 Å². The number of anilines is 2. The van der Waals surface area contributed by atoms with Gasteiger partial charge in [0.05, 0.1) is 11.9 Å². The third kappa shape index (κ3) is 3.22. The molecule has 0 aliphatic carbocycles. The molecule has 1 aromatic carbocycles. The lowest BCUT2D eigenvalue weighted by molar-refractivity contribution is 1.26. The summed E-state index contributed by atoms with van der Waals surface area (Å²) < 4.78 is 0. The Bertz CT molecular complexity index is 717. The lowest BCUT2D eigenvalue weighted by Crippen LogP contribution is -1.94. The number of nitrogens with zero attached hydrogens (tertiary/aromatic N) is 3. The Morgan fingerprint density at radius 3 is 2.65 bits per heavy atom. The van der Waals surface area contributed by atoms with Crippen LogP contribution < -0.4 is 5.32 Å². The fraction of sp³-hybridized carbons (Fsp3) is 0.0625. The van der Waals surface area contributed by atoms with Gasteiger partial charge in [-0.1, -0.05) is 18.2 Å². The first-order chi connectivity index (χ1) is 9.72. The molecule has 2 aromatic rings.